The summed E-state index contributed by atoms with van der Waals surface area (Å²) >= 11 is 0. The van der Waals surface area contributed by atoms with Gasteiger partial charge in [-0.1, -0.05) is 30.3 Å². The van der Waals surface area contributed by atoms with Crippen LogP contribution in [0.25, 0.3) is 10.8 Å². The standard InChI is InChI=1S/C15H17NO4S/c1-3-20-15(17)11-16(21(2,18)19)14-9-8-12-6-4-5-7-13(12)10-14/h4-10H,3,11H2,1-2H3. The largest absolute Gasteiger partial charge is 0.465 e. The zero-order valence-electron chi connectivity index (χ0n) is 11.9. The lowest BCUT2D eigenvalue weighted by Gasteiger charge is -2.21. The van der Waals surface area contributed by atoms with Gasteiger partial charge in [0.25, 0.3) is 0 Å². The summed E-state index contributed by atoms with van der Waals surface area (Å²) in [6.45, 7) is 1.57. The molecular weight excluding hydrogens is 290 g/mol. The first-order valence-electron chi connectivity index (χ1n) is 6.54. The van der Waals surface area contributed by atoms with E-state index < -0.39 is 16.0 Å². The van der Waals surface area contributed by atoms with Crippen LogP contribution in [-0.2, 0) is 19.6 Å². The summed E-state index contributed by atoms with van der Waals surface area (Å²) in [5.74, 6) is -0.573. The van der Waals surface area contributed by atoms with Crippen molar-refractivity contribution < 1.29 is 17.9 Å². The molecule has 2 rings (SSSR count). The van der Waals surface area contributed by atoms with Crippen LogP contribution >= 0.6 is 0 Å². The van der Waals surface area contributed by atoms with E-state index >= 15 is 0 Å². The number of nitrogens with zero attached hydrogens (tertiary/aromatic N) is 1. The number of sulfonamides is 1. The van der Waals surface area contributed by atoms with Crippen LogP contribution in [-0.4, -0.2) is 33.8 Å². The molecule has 2 aromatic rings. The van der Waals surface area contributed by atoms with E-state index in [2.05, 4.69) is 0 Å². The van der Waals surface area contributed by atoms with Gasteiger partial charge in [0.1, 0.15) is 6.54 Å². The average molecular weight is 307 g/mol. The third-order valence-electron chi connectivity index (χ3n) is 3.00. The van der Waals surface area contributed by atoms with Crippen molar-refractivity contribution in [1.82, 2.24) is 0 Å². The Morgan fingerprint density at radius 3 is 2.43 bits per heavy atom. The van der Waals surface area contributed by atoms with Gasteiger partial charge in [-0.25, -0.2) is 8.42 Å². The quantitative estimate of drug-likeness (QED) is 0.794. The lowest BCUT2D eigenvalue weighted by Crippen LogP contribution is -2.35. The number of rotatable bonds is 5. The molecule has 0 radical (unpaired) electrons. The van der Waals surface area contributed by atoms with Gasteiger partial charge in [-0.3, -0.25) is 9.10 Å². The summed E-state index contributed by atoms with van der Waals surface area (Å²) in [7, 11) is -3.57. The fraction of sp³-hybridized carbons (Fsp3) is 0.267. The lowest BCUT2D eigenvalue weighted by atomic mass is 10.1. The van der Waals surface area contributed by atoms with E-state index in [9.17, 15) is 13.2 Å². The summed E-state index contributed by atoms with van der Waals surface area (Å²) in [6, 6.07) is 12.9. The van der Waals surface area contributed by atoms with E-state index in [1.165, 1.54) is 0 Å². The van der Waals surface area contributed by atoms with E-state index in [0.717, 1.165) is 21.3 Å². The second-order valence-electron chi connectivity index (χ2n) is 4.61. The third-order valence-corrected chi connectivity index (χ3v) is 4.14. The molecule has 0 saturated heterocycles. The Bertz CT molecular complexity index is 755. The van der Waals surface area contributed by atoms with Crippen LogP contribution in [0.3, 0.4) is 0 Å². The van der Waals surface area contributed by atoms with Gasteiger partial charge >= 0.3 is 5.97 Å². The van der Waals surface area contributed by atoms with Crippen LogP contribution in [0.1, 0.15) is 6.92 Å². The lowest BCUT2D eigenvalue weighted by molar-refractivity contribution is -0.141. The van der Waals surface area contributed by atoms with E-state index in [4.69, 9.17) is 4.74 Å². The van der Waals surface area contributed by atoms with Crippen molar-refractivity contribution in [3.8, 4) is 0 Å². The monoisotopic (exact) mass is 307 g/mol. The maximum Gasteiger partial charge on any atom is 0.326 e. The molecule has 0 bridgehead atoms. The molecule has 0 aliphatic carbocycles. The highest BCUT2D eigenvalue weighted by Crippen LogP contribution is 2.23. The van der Waals surface area contributed by atoms with Crippen molar-refractivity contribution in [1.29, 1.82) is 0 Å². The van der Waals surface area contributed by atoms with Crippen LogP contribution in [0.4, 0.5) is 5.69 Å². The molecule has 0 saturated carbocycles. The van der Waals surface area contributed by atoms with Gasteiger partial charge in [0.15, 0.2) is 0 Å². The number of carbonyl (C=O) groups is 1. The highest BCUT2D eigenvalue weighted by molar-refractivity contribution is 7.92. The van der Waals surface area contributed by atoms with E-state index in [1.807, 2.05) is 30.3 Å². The summed E-state index contributed by atoms with van der Waals surface area (Å²) in [5, 5.41) is 1.92. The van der Waals surface area contributed by atoms with Crippen molar-refractivity contribution >= 4 is 32.5 Å². The average Bonchev–Trinajstić information content (AvgIpc) is 2.43. The summed E-state index contributed by atoms with van der Waals surface area (Å²) in [5.41, 5.74) is 0.448. The molecule has 0 aliphatic rings. The van der Waals surface area contributed by atoms with Crippen LogP contribution in [0, 0.1) is 0 Å². The molecule has 0 amide bonds. The number of ether oxygens (including phenoxy) is 1. The second kappa shape index (κ2) is 6.13. The minimum Gasteiger partial charge on any atom is -0.465 e. The number of carbonyl (C=O) groups excluding carboxylic acids is 1. The maximum atomic E-state index is 11.9. The van der Waals surface area contributed by atoms with E-state index in [0.29, 0.717) is 5.69 Å². The Balaban J connectivity index is 2.41. The molecule has 0 spiro atoms. The third kappa shape index (κ3) is 3.72. The van der Waals surface area contributed by atoms with Gasteiger partial charge in [0.2, 0.25) is 10.0 Å². The maximum absolute atomic E-state index is 11.9. The van der Waals surface area contributed by atoms with Gasteiger partial charge < -0.3 is 4.74 Å². The number of benzene rings is 2. The normalized spacial score (nSPS) is 11.3. The molecule has 0 aliphatic heterocycles. The van der Waals surface area contributed by atoms with Gasteiger partial charge in [0.05, 0.1) is 18.6 Å². The molecule has 21 heavy (non-hydrogen) atoms. The van der Waals surface area contributed by atoms with Crippen LogP contribution in [0.15, 0.2) is 42.5 Å². The first kappa shape index (κ1) is 15.3. The fourth-order valence-corrected chi connectivity index (χ4v) is 2.89. The number of fused-ring (bicyclic) bond motifs is 1. The topological polar surface area (TPSA) is 63.7 Å². The summed E-state index contributed by atoms with van der Waals surface area (Å²) in [6.07, 6.45) is 1.07. The Labute approximate surface area is 124 Å². The molecule has 0 unspecified atom stereocenters. The van der Waals surface area contributed by atoms with E-state index in [1.54, 1.807) is 19.1 Å². The Hall–Kier alpha value is -2.08. The minimum atomic E-state index is -3.57. The van der Waals surface area contributed by atoms with E-state index in [-0.39, 0.29) is 13.2 Å². The van der Waals surface area contributed by atoms with Gasteiger partial charge in [-0.15, -0.1) is 0 Å². The summed E-state index contributed by atoms with van der Waals surface area (Å²) < 4.78 is 29.7. The SMILES string of the molecule is CCOC(=O)CN(c1ccc2ccccc2c1)S(C)(=O)=O. The molecule has 112 valence electrons. The number of hydrogen-bond donors (Lipinski definition) is 0. The molecule has 0 heterocycles. The predicted molar refractivity (Wildman–Crippen MR) is 82.8 cm³/mol. The minimum absolute atomic E-state index is 0.216. The molecule has 0 fully saturated rings. The van der Waals surface area contributed by atoms with Crippen molar-refractivity contribution in [3.05, 3.63) is 42.5 Å². The number of anilines is 1. The van der Waals surface area contributed by atoms with Crippen LogP contribution in [0.5, 0.6) is 0 Å². The first-order chi connectivity index (χ1) is 9.91. The zero-order valence-corrected chi connectivity index (χ0v) is 12.8. The van der Waals surface area contributed by atoms with Crippen LogP contribution in [0.2, 0.25) is 0 Å². The molecule has 5 nitrogen and oxygen atoms in total. The van der Waals surface area contributed by atoms with Crippen molar-refractivity contribution in [3.63, 3.8) is 0 Å². The smallest absolute Gasteiger partial charge is 0.326 e. The molecule has 2 aromatic carbocycles. The van der Waals surface area contributed by atoms with Crippen molar-refractivity contribution in [2.75, 3.05) is 23.7 Å². The molecule has 0 atom stereocenters. The Morgan fingerprint density at radius 1 is 1.14 bits per heavy atom. The van der Waals surface area contributed by atoms with Gasteiger partial charge in [-0.05, 0) is 29.8 Å². The molecule has 0 aromatic heterocycles. The Morgan fingerprint density at radius 2 is 1.81 bits per heavy atom. The first-order valence-corrected chi connectivity index (χ1v) is 8.39. The van der Waals surface area contributed by atoms with Crippen LogP contribution < -0.4 is 4.31 Å². The number of hydrogen-bond acceptors (Lipinski definition) is 4. The summed E-state index contributed by atoms with van der Waals surface area (Å²) in [4.78, 5) is 11.6. The second-order valence-corrected chi connectivity index (χ2v) is 6.51. The highest BCUT2D eigenvalue weighted by atomic mass is 32.2. The molecule has 0 N–H and O–H groups in total. The predicted octanol–water partition coefficient (Wildman–Crippen LogP) is 2.17. The number of esters is 1. The zero-order chi connectivity index (χ0) is 15.5. The molecule has 6 heteroatoms. The Kier molecular flexibility index (Phi) is 4.47. The fourth-order valence-electron chi connectivity index (χ4n) is 2.06. The van der Waals surface area contributed by atoms with Crippen molar-refractivity contribution in [2.24, 2.45) is 0 Å². The van der Waals surface area contributed by atoms with Gasteiger partial charge in [0, 0.05) is 0 Å². The molecular formula is C15H17NO4S. The van der Waals surface area contributed by atoms with Crippen molar-refractivity contribution in [2.45, 2.75) is 6.92 Å². The highest BCUT2D eigenvalue weighted by Gasteiger charge is 2.21. The van der Waals surface area contributed by atoms with Gasteiger partial charge in [-0.2, -0.15) is 0 Å².